The highest BCUT2D eigenvalue weighted by Crippen LogP contribution is 2.37. The smallest absolute Gasteiger partial charge is 0.305 e. The van der Waals surface area contributed by atoms with Crippen LogP contribution in [-0.2, 0) is 31.9 Å². The Morgan fingerprint density at radius 2 is 1.83 bits per heavy atom. The summed E-state index contributed by atoms with van der Waals surface area (Å²) in [4.78, 5) is 29.1. The zero-order chi connectivity index (χ0) is 25.2. The second-order valence-corrected chi connectivity index (χ2v) is 10.9. The zero-order valence-corrected chi connectivity index (χ0v) is 22.0. The Morgan fingerprint density at radius 3 is 2.64 bits per heavy atom. The molecule has 4 rings (SSSR count). The molecule has 2 aliphatic carbocycles. The number of unbranched alkanes of at least 4 members (excludes halogenated alkanes) is 1. The van der Waals surface area contributed by atoms with E-state index in [4.69, 9.17) is 14.5 Å². The molecule has 1 N–H and O–H groups in total. The number of carbonyl (C=O) groups is 2. The number of ether oxygens (including phenoxy) is 2. The number of esters is 1. The summed E-state index contributed by atoms with van der Waals surface area (Å²) in [5.74, 6) is 2.23. The summed E-state index contributed by atoms with van der Waals surface area (Å²) in [5.41, 5.74) is 2.50. The van der Waals surface area contributed by atoms with E-state index in [1.165, 1.54) is 63.2 Å². The minimum Gasteiger partial charge on any atom is -0.478 e. The maximum absolute atomic E-state index is 12.7. The van der Waals surface area contributed by atoms with Gasteiger partial charge in [-0.2, -0.15) is 0 Å². The van der Waals surface area contributed by atoms with Crippen LogP contribution in [0.3, 0.4) is 0 Å². The number of nitrogens with one attached hydrogen (secondary N) is 1. The molecule has 0 spiro atoms. The first-order chi connectivity index (χ1) is 17.6. The largest absolute Gasteiger partial charge is 0.478 e. The first-order valence-corrected chi connectivity index (χ1v) is 14.3. The summed E-state index contributed by atoms with van der Waals surface area (Å²) in [6.07, 6.45) is 15.9. The molecule has 0 saturated heterocycles. The summed E-state index contributed by atoms with van der Waals surface area (Å²) in [7, 11) is 1.44. The van der Waals surface area contributed by atoms with E-state index in [-0.39, 0.29) is 17.8 Å². The molecular formula is C30H44N2O4. The minimum absolute atomic E-state index is 0.00497. The van der Waals surface area contributed by atoms with Crippen molar-refractivity contribution in [1.29, 1.82) is 0 Å². The van der Waals surface area contributed by atoms with Crippen molar-refractivity contribution >= 4 is 17.8 Å². The van der Waals surface area contributed by atoms with E-state index >= 15 is 0 Å². The zero-order valence-electron chi connectivity index (χ0n) is 22.0. The lowest BCUT2D eigenvalue weighted by Gasteiger charge is -2.21. The molecule has 6 nitrogen and oxygen atoms in total. The Hall–Kier alpha value is -2.37. The lowest BCUT2D eigenvalue weighted by molar-refractivity contribution is -0.140. The van der Waals surface area contributed by atoms with Gasteiger partial charge in [-0.3, -0.25) is 9.59 Å². The van der Waals surface area contributed by atoms with Gasteiger partial charge in [0, 0.05) is 18.9 Å². The Bertz CT molecular complexity index is 893. The molecule has 1 aliphatic heterocycles. The Labute approximate surface area is 216 Å². The van der Waals surface area contributed by atoms with Gasteiger partial charge in [0.15, 0.2) is 11.9 Å². The van der Waals surface area contributed by atoms with Gasteiger partial charge in [0.25, 0.3) is 0 Å². The summed E-state index contributed by atoms with van der Waals surface area (Å²) >= 11 is 0. The molecule has 198 valence electrons. The lowest BCUT2D eigenvalue weighted by Crippen LogP contribution is -2.35. The minimum atomic E-state index is -0.410. The number of amides is 1. The van der Waals surface area contributed by atoms with Gasteiger partial charge < -0.3 is 14.8 Å². The fraction of sp³-hybridized carbons (Fsp3) is 0.700. The number of benzene rings is 1. The standard InChI is InChI=1S/C30H44N2O4/c1-35-28(33)18-17-23-13-5-6-14-24(23)20-25-15-9-16-26(25)30-32-27(21-36-30)29(34)31-19-8-7-12-22-10-3-2-4-11-22/h5-6,13-14,22,25-27H,2-4,7-12,15-21H2,1H3,(H,31,34)/t25-,26-,27?/m0/s1. The van der Waals surface area contributed by atoms with E-state index in [9.17, 15) is 9.59 Å². The summed E-state index contributed by atoms with van der Waals surface area (Å²) in [6, 6.07) is 7.98. The van der Waals surface area contributed by atoms with E-state index in [2.05, 4.69) is 23.5 Å². The normalized spacial score (nSPS) is 24.2. The molecule has 2 saturated carbocycles. The van der Waals surface area contributed by atoms with E-state index in [0.717, 1.165) is 50.5 Å². The summed E-state index contributed by atoms with van der Waals surface area (Å²) < 4.78 is 10.8. The van der Waals surface area contributed by atoms with Crippen LogP contribution in [0.4, 0.5) is 0 Å². The Balaban J connectivity index is 1.24. The summed E-state index contributed by atoms with van der Waals surface area (Å²) in [5, 5.41) is 3.10. The van der Waals surface area contributed by atoms with Crippen molar-refractivity contribution < 1.29 is 19.1 Å². The van der Waals surface area contributed by atoms with E-state index < -0.39 is 6.04 Å². The van der Waals surface area contributed by atoms with E-state index in [1.807, 2.05) is 6.07 Å². The van der Waals surface area contributed by atoms with Gasteiger partial charge in [0.05, 0.1) is 7.11 Å². The van der Waals surface area contributed by atoms with Gasteiger partial charge in [-0.25, -0.2) is 4.99 Å². The van der Waals surface area contributed by atoms with E-state index in [0.29, 0.717) is 25.4 Å². The molecule has 6 heteroatoms. The molecular weight excluding hydrogens is 452 g/mol. The maximum Gasteiger partial charge on any atom is 0.305 e. The predicted molar refractivity (Wildman–Crippen MR) is 142 cm³/mol. The van der Waals surface area contributed by atoms with Gasteiger partial charge in [0.2, 0.25) is 5.91 Å². The second-order valence-electron chi connectivity index (χ2n) is 10.9. The van der Waals surface area contributed by atoms with Crippen LogP contribution in [0, 0.1) is 17.8 Å². The van der Waals surface area contributed by atoms with Crippen LogP contribution < -0.4 is 5.32 Å². The fourth-order valence-corrected chi connectivity index (χ4v) is 6.32. The molecule has 0 bridgehead atoms. The highest BCUT2D eigenvalue weighted by molar-refractivity contribution is 5.89. The molecule has 1 heterocycles. The van der Waals surface area contributed by atoms with Gasteiger partial charge >= 0.3 is 5.97 Å². The maximum atomic E-state index is 12.7. The average Bonchev–Trinajstić information content (AvgIpc) is 3.58. The molecule has 3 atom stereocenters. The van der Waals surface area contributed by atoms with Crippen LogP contribution in [0.25, 0.3) is 0 Å². The third-order valence-corrected chi connectivity index (χ3v) is 8.44. The SMILES string of the molecule is COC(=O)CCc1ccccc1C[C@@H]1CCC[C@@H]1C1=NC(C(=O)NCCCCC2CCCCC2)CO1. The first kappa shape index (κ1) is 26.7. The summed E-state index contributed by atoms with van der Waals surface area (Å²) in [6.45, 7) is 1.10. The molecule has 1 aromatic carbocycles. The molecule has 36 heavy (non-hydrogen) atoms. The number of aryl methyl sites for hydroxylation is 1. The van der Waals surface area contributed by atoms with Gasteiger partial charge in [-0.05, 0) is 55.1 Å². The molecule has 1 amide bonds. The van der Waals surface area contributed by atoms with Gasteiger partial charge in [0.1, 0.15) is 6.61 Å². The number of rotatable bonds is 12. The van der Waals surface area contributed by atoms with Crippen LogP contribution in [0.1, 0.15) is 88.2 Å². The second kappa shape index (κ2) is 13.8. The Morgan fingerprint density at radius 1 is 1.03 bits per heavy atom. The number of carbonyl (C=O) groups excluding carboxylic acids is 2. The van der Waals surface area contributed by atoms with Crippen LogP contribution in [0.2, 0.25) is 0 Å². The predicted octanol–water partition coefficient (Wildman–Crippen LogP) is 5.42. The Kier molecular flexibility index (Phi) is 10.2. The molecule has 3 aliphatic rings. The number of nitrogens with zero attached hydrogens (tertiary/aromatic N) is 1. The lowest BCUT2D eigenvalue weighted by atomic mass is 9.86. The molecule has 0 aromatic heterocycles. The molecule has 1 aromatic rings. The van der Waals surface area contributed by atoms with Crippen LogP contribution >= 0.6 is 0 Å². The van der Waals surface area contributed by atoms with Crippen molar-refractivity contribution in [3.05, 3.63) is 35.4 Å². The van der Waals surface area contributed by atoms with Crippen LogP contribution in [0.5, 0.6) is 0 Å². The van der Waals surface area contributed by atoms with Crippen LogP contribution in [-0.4, -0.2) is 44.1 Å². The highest BCUT2D eigenvalue weighted by Gasteiger charge is 2.37. The van der Waals surface area contributed by atoms with Gasteiger partial charge in [-0.1, -0.05) is 75.6 Å². The monoisotopic (exact) mass is 496 g/mol. The highest BCUT2D eigenvalue weighted by atomic mass is 16.5. The third-order valence-electron chi connectivity index (χ3n) is 8.44. The number of methoxy groups -OCH3 is 1. The van der Waals surface area contributed by atoms with Crippen molar-refractivity contribution in [2.45, 2.75) is 95.9 Å². The number of aliphatic imine (C=N–C) groups is 1. The van der Waals surface area contributed by atoms with Crippen molar-refractivity contribution in [3.8, 4) is 0 Å². The van der Waals surface area contributed by atoms with Crippen molar-refractivity contribution in [2.75, 3.05) is 20.3 Å². The topological polar surface area (TPSA) is 77.0 Å². The number of hydrogen-bond acceptors (Lipinski definition) is 5. The van der Waals surface area contributed by atoms with Crippen molar-refractivity contribution in [3.63, 3.8) is 0 Å². The molecule has 1 unspecified atom stereocenters. The van der Waals surface area contributed by atoms with Gasteiger partial charge in [-0.15, -0.1) is 0 Å². The average molecular weight is 497 g/mol. The fourth-order valence-electron chi connectivity index (χ4n) is 6.32. The third kappa shape index (κ3) is 7.57. The van der Waals surface area contributed by atoms with Crippen molar-refractivity contribution in [2.24, 2.45) is 22.7 Å². The van der Waals surface area contributed by atoms with Crippen LogP contribution in [0.15, 0.2) is 29.3 Å². The van der Waals surface area contributed by atoms with Crippen molar-refractivity contribution in [1.82, 2.24) is 5.32 Å². The number of hydrogen-bond donors (Lipinski definition) is 1. The van der Waals surface area contributed by atoms with E-state index in [1.54, 1.807) is 0 Å². The molecule has 2 fully saturated rings. The molecule has 0 radical (unpaired) electrons. The quantitative estimate of drug-likeness (QED) is 0.310. The first-order valence-electron chi connectivity index (χ1n) is 14.3.